The van der Waals surface area contributed by atoms with E-state index in [9.17, 15) is 0 Å². The van der Waals surface area contributed by atoms with Gasteiger partial charge in [0, 0.05) is 40.3 Å². The highest BCUT2D eigenvalue weighted by atomic mass is 32.1. The highest BCUT2D eigenvalue weighted by Crippen LogP contribution is 2.43. The molecular weight excluding hydrogens is 288 g/mol. The first-order valence-corrected chi connectivity index (χ1v) is 8.68. The predicted molar refractivity (Wildman–Crippen MR) is 90.1 cm³/mol. The maximum absolute atomic E-state index is 2.28. The molecule has 19 heavy (non-hydrogen) atoms. The van der Waals surface area contributed by atoms with Gasteiger partial charge in [0.1, 0.15) is 0 Å². The first-order valence-electron chi connectivity index (χ1n) is 6.10. The van der Waals surface area contributed by atoms with Gasteiger partial charge in [-0.1, -0.05) is 12.1 Å². The van der Waals surface area contributed by atoms with Crippen LogP contribution in [-0.2, 0) is 0 Å². The minimum atomic E-state index is 1.39. The van der Waals surface area contributed by atoms with Crippen LogP contribution in [0.5, 0.6) is 0 Å². The van der Waals surface area contributed by atoms with E-state index in [-0.39, 0.29) is 0 Å². The second kappa shape index (κ2) is 3.57. The number of hydrogen-bond donors (Lipinski definition) is 0. The van der Waals surface area contributed by atoms with E-state index in [4.69, 9.17) is 0 Å². The number of benzene rings is 2. The Labute approximate surface area is 121 Å². The summed E-state index contributed by atoms with van der Waals surface area (Å²) in [6.45, 7) is 0. The van der Waals surface area contributed by atoms with Gasteiger partial charge in [-0.2, -0.15) is 0 Å². The SMILES string of the molecule is c1cc2c(ccc3c4ccc5sccc5c4sc23)s1. The van der Waals surface area contributed by atoms with Crippen molar-refractivity contribution in [3.63, 3.8) is 0 Å². The van der Waals surface area contributed by atoms with Crippen molar-refractivity contribution in [1.29, 1.82) is 0 Å². The topological polar surface area (TPSA) is 0 Å². The fourth-order valence-corrected chi connectivity index (χ4v) is 5.85. The molecule has 0 aliphatic carbocycles. The number of thiophene rings is 3. The van der Waals surface area contributed by atoms with Crippen molar-refractivity contribution < 1.29 is 0 Å². The maximum atomic E-state index is 2.28. The van der Waals surface area contributed by atoms with E-state index in [0.717, 1.165) is 0 Å². The van der Waals surface area contributed by atoms with Crippen LogP contribution < -0.4 is 0 Å². The third kappa shape index (κ3) is 1.27. The van der Waals surface area contributed by atoms with Crippen LogP contribution in [0.25, 0.3) is 40.3 Å². The summed E-state index contributed by atoms with van der Waals surface area (Å²) in [7, 11) is 0. The van der Waals surface area contributed by atoms with E-state index in [1.54, 1.807) is 0 Å². The summed E-state index contributed by atoms with van der Waals surface area (Å²) < 4.78 is 5.65. The van der Waals surface area contributed by atoms with Gasteiger partial charge in [0.25, 0.3) is 0 Å². The molecule has 3 heterocycles. The summed E-state index contributed by atoms with van der Waals surface area (Å²) >= 11 is 5.60. The molecule has 0 saturated carbocycles. The molecule has 0 aliphatic heterocycles. The van der Waals surface area contributed by atoms with Crippen molar-refractivity contribution in [1.82, 2.24) is 0 Å². The van der Waals surface area contributed by atoms with Gasteiger partial charge in [0.15, 0.2) is 0 Å². The smallest absolute Gasteiger partial charge is 0.0442 e. The van der Waals surface area contributed by atoms with Gasteiger partial charge < -0.3 is 0 Å². The molecule has 0 N–H and O–H groups in total. The van der Waals surface area contributed by atoms with Gasteiger partial charge in [-0.15, -0.1) is 34.0 Å². The molecule has 0 spiro atoms. The number of rotatable bonds is 0. The van der Waals surface area contributed by atoms with Crippen molar-refractivity contribution in [3.8, 4) is 0 Å². The van der Waals surface area contributed by atoms with E-state index in [2.05, 4.69) is 47.2 Å². The Morgan fingerprint density at radius 2 is 1.05 bits per heavy atom. The van der Waals surface area contributed by atoms with Gasteiger partial charge >= 0.3 is 0 Å². The molecular formula is C16H8S3. The van der Waals surface area contributed by atoms with Gasteiger partial charge in [-0.05, 0) is 35.0 Å². The minimum absolute atomic E-state index is 1.39. The van der Waals surface area contributed by atoms with Crippen molar-refractivity contribution in [2.24, 2.45) is 0 Å². The quantitative estimate of drug-likeness (QED) is 0.306. The molecule has 0 unspecified atom stereocenters. The van der Waals surface area contributed by atoms with Crippen molar-refractivity contribution >= 4 is 74.4 Å². The Bertz CT molecular complexity index is 974. The molecule has 5 aromatic rings. The fourth-order valence-electron chi connectivity index (χ4n) is 2.78. The minimum Gasteiger partial charge on any atom is -0.144 e. The normalized spacial score (nSPS) is 12.2. The van der Waals surface area contributed by atoms with Gasteiger partial charge in [0.2, 0.25) is 0 Å². The fraction of sp³-hybridized carbons (Fsp3) is 0. The lowest BCUT2D eigenvalue weighted by atomic mass is 10.1. The average Bonchev–Trinajstić information content (AvgIpc) is 3.14. The Kier molecular flexibility index (Phi) is 1.95. The van der Waals surface area contributed by atoms with Crippen LogP contribution in [0.1, 0.15) is 0 Å². The Morgan fingerprint density at radius 1 is 0.526 bits per heavy atom. The lowest BCUT2D eigenvalue weighted by Crippen LogP contribution is -1.67. The second-order valence-corrected chi connectivity index (χ2v) is 7.57. The van der Waals surface area contributed by atoms with Crippen LogP contribution in [0.15, 0.2) is 47.2 Å². The maximum Gasteiger partial charge on any atom is 0.0442 e. The molecule has 0 aliphatic rings. The van der Waals surface area contributed by atoms with Crippen LogP contribution in [0, 0.1) is 0 Å². The first kappa shape index (κ1) is 10.4. The summed E-state index contributed by atoms with van der Waals surface area (Å²) in [6.07, 6.45) is 0. The average molecular weight is 296 g/mol. The molecule has 0 fully saturated rings. The summed E-state index contributed by atoms with van der Waals surface area (Å²) in [6, 6.07) is 13.6. The molecule has 0 radical (unpaired) electrons. The number of fused-ring (bicyclic) bond motifs is 7. The Morgan fingerprint density at radius 3 is 1.58 bits per heavy atom. The van der Waals surface area contributed by atoms with E-state index in [0.29, 0.717) is 0 Å². The Hall–Kier alpha value is -1.42. The van der Waals surface area contributed by atoms with Gasteiger partial charge in [-0.3, -0.25) is 0 Å². The van der Waals surface area contributed by atoms with Crippen LogP contribution >= 0.6 is 34.0 Å². The highest BCUT2D eigenvalue weighted by Gasteiger charge is 2.11. The molecule has 90 valence electrons. The summed E-state index contributed by atoms with van der Waals surface area (Å²) in [5.74, 6) is 0. The van der Waals surface area contributed by atoms with Crippen molar-refractivity contribution in [2.45, 2.75) is 0 Å². The van der Waals surface area contributed by atoms with Crippen LogP contribution in [0.2, 0.25) is 0 Å². The number of hydrogen-bond acceptors (Lipinski definition) is 3. The standard InChI is InChI=1S/C16H8S3/c1-3-13-11(5-7-17-13)15-9(1)10-2-4-14-12(6-8-18-14)16(10)19-15/h1-8H. The van der Waals surface area contributed by atoms with E-state index < -0.39 is 0 Å². The van der Waals surface area contributed by atoms with Crippen LogP contribution in [-0.4, -0.2) is 0 Å². The molecule has 0 amide bonds. The summed E-state index contributed by atoms with van der Waals surface area (Å²) in [5.41, 5.74) is 0. The molecule has 0 bridgehead atoms. The molecule has 5 rings (SSSR count). The summed E-state index contributed by atoms with van der Waals surface area (Å²) in [5, 5.41) is 10.0. The second-order valence-electron chi connectivity index (χ2n) is 4.65. The summed E-state index contributed by atoms with van der Waals surface area (Å²) in [4.78, 5) is 0. The molecule has 0 atom stereocenters. The highest BCUT2D eigenvalue weighted by molar-refractivity contribution is 7.29. The van der Waals surface area contributed by atoms with E-state index in [1.165, 1.54) is 40.3 Å². The van der Waals surface area contributed by atoms with Crippen molar-refractivity contribution in [3.05, 3.63) is 47.2 Å². The monoisotopic (exact) mass is 296 g/mol. The van der Waals surface area contributed by atoms with E-state index >= 15 is 0 Å². The zero-order chi connectivity index (χ0) is 12.4. The zero-order valence-electron chi connectivity index (χ0n) is 9.84. The van der Waals surface area contributed by atoms with E-state index in [1.807, 2.05) is 34.0 Å². The third-order valence-corrected chi connectivity index (χ3v) is 6.72. The molecule has 2 aromatic carbocycles. The molecule has 3 aromatic heterocycles. The zero-order valence-corrected chi connectivity index (χ0v) is 12.3. The van der Waals surface area contributed by atoms with Gasteiger partial charge in [0.05, 0.1) is 0 Å². The van der Waals surface area contributed by atoms with Gasteiger partial charge in [-0.25, -0.2) is 0 Å². The third-order valence-electron chi connectivity index (χ3n) is 3.67. The Balaban J connectivity index is 2.15. The van der Waals surface area contributed by atoms with Crippen LogP contribution in [0.4, 0.5) is 0 Å². The largest absolute Gasteiger partial charge is 0.144 e. The molecule has 0 nitrogen and oxygen atoms in total. The molecule has 0 saturated heterocycles. The van der Waals surface area contributed by atoms with Crippen molar-refractivity contribution in [2.75, 3.05) is 0 Å². The molecule has 3 heteroatoms. The predicted octanol–water partition coefficient (Wildman–Crippen LogP) is 6.48. The first-order chi connectivity index (χ1) is 9.42. The lowest BCUT2D eigenvalue weighted by Gasteiger charge is -1.93. The lowest BCUT2D eigenvalue weighted by molar-refractivity contribution is 2.00. The van der Waals surface area contributed by atoms with Crippen LogP contribution in [0.3, 0.4) is 0 Å².